The molecule has 29 heavy (non-hydrogen) atoms. The van der Waals surface area contributed by atoms with Crippen molar-refractivity contribution in [1.29, 1.82) is 0 Å². The minimum absolute atomic E-state index is 0.0657. The van der Waals surface area contributed by atoms with Gasteiger partial charge in [0.1, 0.15) is 24.3 Å². The van der Waals surface area contributed by atoms with Crippen molar-refractivity contribution in [2.45, 2.75) is 32.8 Å². The molecular formula is C21H26BrN3O4. The number of nitrogens with zero attached hydrogens (tertiary/aromatic N) is 3. The first-order valence-corrected chi connectivity index (χ1v) is 10.4. The molecule has 156 valence electrons. The average molecular weight is 464 g/mol. The molecule has 1 amide bonds. The van der Waals surface area contributed by atoms with E-state index in [4.69, 9.17) is 14.2 Å². The Morgan fingerprint density at radius 1 is 1.34 bits per heavy atom. The number of ether oxygens (including phenoxy) is 3. The van der Waals surface area contributed by atoms with E-state index in [2.05, 4.69) is 25.9 Å². The maximum Gasteiger partial charge on any atom is 0.255 e. The van der Waals surface area contributed by atoms with Crippen LogP contribution in [0.3, 0.4) is 0 Å². The first-order chi connectivity index (χ1) is 13.9. The maximum absolute atomic E-state index is 13.0. The van der Waals surface area contributed by atoms with Gasteiger partial charge in [-0.05, 0) is 41.1 Å². The summed E-state index contributed by atoms with van der Waals surface area (Å²) in [5.74, 6) is 2.08. The fourth-order valence-electron chi connectivity index (χ4n) is 3.04. The van der Waals surface area contributed by atoms with E-state index in [0.29, 0.717) is 43.5 Å². The largest absolute Gasteiger partial charge is 0.497 e. The van der Waals surface area contributed by atoms with Crippen LogP contribution in [0.25, 0.3) is 0 Å². The monoisotopic (exact) mass is 463 g/mol. The van der Waals surface area contributed by atoms with Gasteiger partial charge in [-0.25, -0.2) is 4.98 Å². The number of rotatable bonds is 6. The minimum Gasteiger partial charge on any atom is -0.497 e. The van der Waals surface area contributed by atoms with Crippen molar-refractivity contribution in [2.24, 2.45) is 0 Å². The van der Waals surface area contributed by atoms with Crippen molar-refractivity contribution in [3.63, 3.8) is 0 Å². The van der Waals surface area contributed by atoms with Gasteiger partial charge in [-0.15, -0.1) is 0 Å². The average Bonchev–Trinajstić information content (AvgIpc) is 2.72. The molecule has 0 spiro atoms. The van der Waals surface area contributed by atoms with Gasteiger partial charge in [-0.3, -0.25) is 4.79 Å². The normalized spacial score (nSPS) is 16.8. The van der Waals surface area contributed by atoms with Crippen molar-refractivity contribution < 1.29 is 19.0 Å². The van der Waals surface area contributed by atoms with Gasteiger partial charge >= 0.3 is 0 Å². The lowest BCUT2D eigenvalue weighted by atomic mass is 10.1. The summed E-state index contributed by atoms with van der Waals surface area (Å²) in [7, 11) is 1.58. The molecule has 0 saturated carbocycles. The number of hydrogen-bond donors (Lipinski definition) is 0. The van der Waals surface area contributed by atoms with Crippen LogP contribution in [0.1, 0.15) is 41.6 Å². The van der Waals surface area contributed by atoms with Gasteiger partial charge in [0, 0.05) is 28.7 Å². The lowest BCUT2D eigenvalue weighted by molar-refractivity contribution is -0.0408. The topological polar surface area (TPSA) is 73.8 Å². The number of carbonyl (C=O) groups excluding carboxylic acids is 1. The second-order valence-corrected chi connectivity index (χ2v) is 8.12. The van der Waals surface area contributed by atoms with Gasteiger partial charge in [-0.1, -0.05) is 13.8 Å². The van der Waals surface area contributed by atoms with Crippen LogP contribution in [0.15, 0.2) is 28.7 Å². The van der Waals surface area contributed by atoms with Gasteiger partial charge in [-0.2, -0.15) is 4.98 Å². The van der Waals surface area contributed by atoms with Crippen molar-refractivity contribution in [2.75, 3.05) is 33.4 Å². The number of halogens is 1. The van der Waals surface area contributed by atoms with Crippen LogP contribution >= 0.6 is 15.9 Å². The van der Waals surface area contributed by atoms with Crippen LogP contribution in [0.4, 0.5) is 0 Å². The number of methoxy groups -OCH3 is 1. The van der Waals surface area contributed by atoms with Crippen LogP contribution in [0.2, 0.25) is 0 Å². The minimum atomic E-state index is -0.227. The van der Waals surface area contributed by atoms with E-state index in [1.54, 1.807) is 18.1 Å². The van der Waals surface area contributed by atoms with E-state index in [0.717, 1.165) is 16.0 Å². The standard InChI is InChI=1S/C21H26BrN3O4/c1-13(2)20-23-14(3)9-19(24-20)29-12-16-11-25(7-8-28-16)21(26)17-10-15(27-4)5-6-18(17)22/h5-6,9-10,13,16H,7-8,11-12H2,1-4H3. The van der Waals surface area contributed by atoms with Crippen molar-refractivity contribution in [3.8, 4) is 11.6 Å². The summed E-state index contributed by atoms with van der Waals surface area (Å²) in [5, 5.41) is 0. The molecule has 1 saturated heterocycles. The smallest absolute Gasteiger partial charge is 0.255 e. The quantitative estimate of drug-likeness (QED) is 0.651. The molecule has 1 fully saturated rings. The molecule has 2 heterocycles. The van der Waals surface area contributed by atoms with Crippen molar-refractivity contribution >= 4 is 21.8 Å². The molecule has 7 nitrogen and oxygen atoms in total. The molecule has 0 N–H and O–H groups in total. The molecule has 0 bridgehead atoms. The number of aromatic nitrogens is 2. The molecule has 1 aliphatic rings. The molecule has 8 heteroatoms. The van der Waals surface area contributed by atoms with Crippen LogP contribution in [0, 0.1) is 6.92 Å². The zero-order valence-corrected chi connectivity index (χ0v) is 18.7. The highest BCUT2D eigenvalue weighted by Crippen LogP contribution is 2.25. The third-order valence-corrected chi connectivity index (χ3v) is 5.30. The van der Waals surface area contributed by atoms with Gasteiger partial charge in [0.05, 0.1) is 25.8 Å². The van der Waals surface area contributed by atoms with E-state index in [1.807, 2.05) is 39.0 Å². The van der Waals surface area contributed by atoms with E-state index in [-0.39, 0.29) is 17.9 Å². The molecule has 0 aliphatic carbocycles. The Labute approximate surface area is 179 Å². The van der Waals surface area contributed by atoms with Crippen LogP contribution in [-0.4, -0.2) is 60.3 Å². The zero-order chi connectivity index (χ0) is 21.0. The third kappa shape index (κ3) is 5.45. The second kappa shape index (κ2) is 9.54. The molecule has 1 atom stereocenters. The number of morpholine rings is 1. The van der Waals surface area contributed by atoms with Crippen molar-refractivity contribution in [1.82, 2.24) is 14.9 Å². The molecule has 2 aromatic rings. The van der Waals surface area contributed by atoms with E-state index >= 15 is 0 Å². The number of benzene rings is 1. The van der Waals surface area contributed by atoms with Crippen molar-refractivity contribution in [3.05, 3.63) is 45.8 Å². The van der Waals surface area contributed by atoms with Gasteiger partial charge in [0.15, 0.2) is 0 Å². The predicted octanol–water partition coefficient (Wildman–Crippen LogP) is 3.60. The highest BCUT2D eigenvalue weighted by molar-refractivity contribution is 9.10. The molecular weight excluding hydrogens is 438 g/mol. The van der Waals surface area contributed by atoms with E-state index in [9.17, 15) is 4.79 Å². The number of carbonyl (C=O) groups is 1. The number of hydrogen-bond acceptors (Lipinski definition) is 6. The Balaban J connectivity index is 1.65. The Kier molecular flexibility index (Phi) is 7.08. The zero-order valence-electron chi connectivity index (χ0n) is 17.1. The highest BCUT2D eigenvalue weighted by Gasteiger charge is 2.27. The fourth-order valence-corrected chi connectivity index (χ4v) is 3.46. The number of aryl methyl sites for hydroxylation is 1. The number of amides is 1. The van der Waals surface area contributed by atoms with Crippen LogP contribution < -0.4 is 9.47 Å². The first kappa shape index (κ1) is 21.5. The lowest BCUT2D eigenvalue weighted by Crippen LogP contribution is -2.47. The first-order valence-electron chi connectivity index (χ1n) is 9.60. The summed E-state index contributed by atoms with van der Waals surface area (Å²) < 4.78 is 17.6. The Bertz CT molecular complexity index is 875. The van der Waals surface area contributed by atoms with Crippen LogP contribution in [-0.2, 0) is 4.74 Å². The maximum atomic E-state index is 13.0. The molecule has 3 rings (SSSR count). The van der Waals surface area contributed by atoms with E-state index < -0.39 is 0 Å². The highest BCUT2D eigenvalue weighted by atomic mass is 79.9. The fraction of sp³-hybridized carbons (Fsp3) is 0.476. The SMILES string of the molecule is COc1ccc(Br)c(C(=O)N2CCOC(COc3cc(C)nc(C(C)C)n3)C2)c1. The summed E-state index contributed by atoms with van der Waals surface area (Å²) in [4.78, 5) is 23.7. The Morgan fingerprint density at radius 3 is 2.86 bits per heavy atom. The van der Waals surface area contributed by atoms with Gasteiger partial charge < -0.3 is 19.1 Å². The molecule has 0 radical (unpaired) electrons. The summed E-state index contributed by atoms with van der Waals surface area (Å²) in [6.07, 6.45) is -0.227. The molecule has 1 unspecified atom stereocenters. The van der Waals surface area contributed by atoms with Gasteiger partial charge in [0.25, 0.3) is 5.91 Å². The Hall–Kier alpha value is -2.19. The molecule has 1 aliphatic heterocycles. The summed E-state index contributed by atoms with van der Waals surface area (Å²) >= 11 is 3.46. The summed E-state index contributed by atoms with van der Waals surface area (Å²) in [6, 6.07) is 7.18. The summed E-state index contributed by atoms with van der Waals surface area (Å²) in [5.41, 5.74) is 1.43. The molecule has 1 aromatic heterocycles. The second-order valence-electron chi connectivity index (χ2n) is 7.26. The Morgan fingerprint density at radius 2 is 2.14 bits per heavy atom. The third-order valence-electron chi connectivity index (χ3n) is 4.61. The molecule has 1 aromatic carbocycles. The van der Waals surface area contributed by atoms with E-state index in [1.165, 1.54) is 0 Å². The predicted molar refractivity (Wildman–Crippen MR) is 113 cm³/mol. The lowest BCUT2D eigenvalue weighted by Gasteiger charge is -2.33. The summed E-state index contributed by atoms with van der Waals surface area (Å²) in [6.45, 7) is 7.76. The van der Waals surface area contributed by atoms with Gasteiger partial charge in [0.2, 0.25) is 5.88 Å². The van der Waals surface area contributed by atoms with Crippen LogP contribution in [0.5, 0.6) is 11.6 Å².